The van der Waals surface area contributed by atoms with Crippen molar-refractivity contribution in [2.24, 2.45) is 17.4 Å². The highest BCUT2D eigenvalue weighted by Crippen LogP contribution is 2.16. The Morgan fingerprint density at radius 1 is 0.455 bits per heavy atom. The Kier molecular flexibility index (Phi) is 34.3. The predicted octanol–water partition coefficient (Wildman–Crippen LogP) is -2.37. The Bertz CT molecular complexity index is 2370. The molecule has 9 amide bonds. The quantitative estimate of drug-likeness (QED) is 0.0248. The first-order valence-electron chi connectivity index (χ1n) is 30.5. The number of aromatic hydroxyl groups is 2. The van der Waals surface area contributed by atoms with Crippen LogP contribution in [0.5, 0.6) is 11.5 Å². The molecule has 0 aliphatic carbocycles. The number of carbonyl (C=O) groups is 10. The van der Waals surface area contributed by atoms with Crippen LogP contribution in [-0.4, -0.2) is 189 Å². The van der Waals surface area contributed by atoms with Crippen molar-refractivity contribution in [1.29, 1.82) is 0 Å². The number of nitrogens with two attached hydrogens (primary N) is 2. The molecule has 2 heterocycles. The van der Waals surface area contributed by atoms with E-state index < -0.39 is 70.8 Å². The van der Waals surface area contributed by atoms with E-state index in [2.05, 4.69) is 94.4 Å². The lowest BCUT2D eigenvalue weighted by Gasteiger charge is -2.41. The predicted molar refractivity (Wildman–Crippen MR) is 339 cm³/mol. The fourth-order valence-corrected chi connectivity index (χ4v) is 10.5. The number of carbonyl (C=O) groups excluding carboxylic acids is 10. The van der Waals surface area contributed by atoms with Crippen LogP contribution in [-0.2, 0) is 60.8 Å². The van der Waals surface area contributed by atoms with E-state index in [1.807, 2.05) is 0 Å². The maximum Gasteiger partial charge on any atom is 0.242 e. The van der Waals surface area contributed by atoms with Gasteiger partial charge in [0.25, 0.3) is 0 Å². The van der Waals surface area contributed by atoms with Gasteiger partial charge in [0, 0.05) is 148 Å². The second-order valence-electron chi connectivity index (χ2n) is 22.4. The largest absolute Gasteiger partial charge is 0.508 e. The zero-order valence-corrected chi connectivity index (χ0v) is 52.2. The van der Waals surface area contributed by atoms with Gasteiger partial charge in [0.2, 0.25) is 53.2 Å². The van der Waals surface area contributed by atoms with E-state index in [0.29, 0.717) is 122 Å². The first-order chi connectivity index (χ1) is 42.2. The summed E-state index contributed by atoms with van der Waals surface area (Å²) in [7, 11) is 0. The van der Waals surface area contributed by atoms with E-state index >= 15 is 0 Å². The summed E-state index contributed by atoms with van der Waals surface area (Å²) in [6, 6.07) is 9.86. The minimum atomic E-state index is -0.968. The van der Waals surface area contributed by atoms with Crippen LogP contribution < -0.4 is 80.6 Å². The van der Waals surface area contributed by atoms with Gasteiger partial charge in [0.1, 0.15) is 46.7 Å². The van der Waals surface area contributed by atoms with Crippen molar-refractivity contribution in [3.05, 3.63) is 59.7 Å². The van der Waals surface area contributed by atoms with Crippen LogP contribution in [0.25, 0.3) is 0 Å². The Morgan fingerprint density at radius 3 is 1.20 bits per heavy atom. The number of phenolic OH excluding ortho intramolecular Hbond substituents is 2. The third kappa shape index (κ3) is 29.6. The number of hydrogen-bond acceptors (Lipinski definition) is 20. The summed E-state index contributed by atoms with van der Waals surface area (Å²) in [5.74, 6) is -4.13. The number of unbranched alkanes of at least 4 members (excludes halogenated alkanes) is 4. The molecule has 88 heavy (non-hydrogen) atoms. The number of amides is 9. The third-order valence-corrected chi connectivity index (χ3v) is 15.7. The van der Waals surface area contributed by atoms with Crippen LogP contribution in [0.15, 0.2) is 48.5 Å². The van der Waals surface area contributed by atoms with Crippen LogP contribution in [0.1, 0.15) is 107 Å². The lowest BCUT2D eigenvalue weighted by molar-refractivity contribution is -0.129. The fourth-order valence-electron chi connectivity index (χ4n) is 9.96. The number of hydrogen-bond donors (Lipinski definition) is 19. The highest BCUT2D eigenvalue weighted by atomic mass is 32.1. The van der Waals surface area contributed by atoms with Crippen LogP contribution >= 0.6 is 25.3 Å². The van der Waals surface area contributed by atoms with Gasteiger partial charge < -0.3 is 80.2 Å². The molecule has 2 saturated heterocycles. The summed E-state index contributed by atoms with van der Waals surface area (Å²) in [6.07, 6.45) is 4.52. The molecule has 490 valence electrons. The van der Waals surface area contributed by atoms with Crippen molar-refractivity contribution in [2.75, 3.05) is 90.0 Å². The number of ketones is 1. The third-order valence-electron chi connectivity index (χ3n) is 14.9. The zero-order chi connectivity index (χ0) is 64.2. The Hall–Kier alpha value is -6.60. The molecule has 19 N–H and O–H groups in total. The van der Waals surface area contributed by atoms with E-state index in [1.54, 1.807) is 24.3 Å². The van der Waals surface area contributed by atoms with E-state index in [0.717, 1.165) is 0 Å². The Morgan fingerprint density at radius 2 is 0.830 bits per heavy atom. The molecule has 0 spiro atoms. The Labute approximate surface area is 526 Å². The summed E-state index contributed by atoms with van der Waals surface area (Å²) in [6.45, 7) is 4.73. The van der Waals surface area contributed by atoms with Crippen LogP contribution in [0.3, 0.4) is 0 Å². The Balaban J connectivity index is 1.26. The van der Waals surface area contributed by atoms with Crippen molar-refractivity contribution in [3.8, 4) is 11.5 Å². The van der Waals surface area contributed by atoms with Gasteiger partial charge in [-0.25, -0.2) is 0 Å². The smallest absolute Gasteiger partial charge is 0.242 e. The molecule has 0 saturated carbocycles. The number of phenols is 2. The molecule has 2 fully saturated rings. The summed E-state index contributed by atoms with van der Waals surface area (Å²) in [5.41, 5.74) is 10.1. The van der Waals surface area contributed by atoms with E-state index in [-0.39, 0.29) is 124 Å². The molecule has 4 rings (SSSR count). The molecule has 4 atom stereocenters. The number of rotatable bonds is 37. The van der Waals surface area contributed by atoms with Crippen molar-refractivity contribution in [2.45, 2.75) is 139 Å². The highest BCUT2D eigenvalue weighted by molar-refractivity contribution is 7.80. The standard InChI is InChI=1S/C59H95N15O12S2/c60-54(83)42(34-87)33-45(77)9-3-1-5-23-66-56(85)46(31-40-15-19-43(75)20-16-40)70-50(79)11-7-13-52(81)73-58-36-62-25-27-64-38-59(69-30-29-68-58,39-65-28-26-63-37-58)74-53(82)14-8-12-51(80)71-47(32-41-17-21-44(76)22-18-41)57(86)67-24-6-2-4-10-49(78)72-48(35-88)55(61)84/h15-22,42,46-48,62-65,68-69,75-76,87-88H,1-14,23-39H2,(H2,60,83)(H2,61,84)(H,66,85)(H,67,86)(H,70,79)(H,71,80)(H,72,78)(H,73,81)(H,74,82)/t42-,46-,47-,48-,58-,59+/m0/s1. The van der Waals surface area contributed by atoms with Crippen LogP contribution in [0.2, 0.25) is 0 Å². The van der Waals surface area contributed by atoms with Gasteiger partial charge in [-0.1, -0.05) is 37.1 Å². The average Bonchev–Trinajstić information content (AvgIpc) is 3.31. The number of primary amides is 2. The van der Waals surface area contributed by atoms with Crippen molar-refractivity contribution >= 4 is 84.2 Å². The highest BCUT2D eigenvalue weighted by Gasteiger charge is 2.35. The maximum atomic E-state index is 13.8. The number of nitrogens with one attached hydrogen (secondary N) is 13. The summed E-state index contributed by atoms with van der Waals surface area (Å²) in [4.78, 5) is 129. The van der Waals surface area contributed by atoms with Gasteiger partial charge >= 0.3 is 0 Å². The number of fused-ring (bicyclic) bond motifs is 5. The molecule has 29 heteroatoms. The molecule has 27 nitrogen and oxygen atoms in total. The molecule has 0 unspecified atom stereocenters. The first-order valence-corrected chi connectivity index (χ1v) is 31.8. The number of benzene rings is 2. The zero-order valence-electron chi connectivity index (χ0n) is 50.4. The molecular formula is C59H95N15O12S2. The van der Waals surface area contributed by atoms with Crippen molar-refractivity contribution < 1.29 is 58.2 Å². The monoisotopic (exact) mass is 1270 g/mol. The second-order valence-corrected chi connectivity index (χ2v) is 23.2. The minimum absolute atomic E-state index is 0.00328. The number of thiol groups is 2. The lowest BCUT2D eigenvalue weighted by atomic mass is 10.0. The number of Topliss-reactive ketones (excluding diaryl/α,β-unsaturated/α-hetero) is 1. The first kappa shape index (κ1) is 73.9. The molecule has 2 aromatic rings. The van der Waals surface area contributed by atoms with E-state index in [1.165, 1.54) is 24.3 Å². The minimum Gasteiger partial charge on any atom is -0.508 e. The fraction of sp³-hybridized carbons (Fsp3) is 0.627. The van der Waals surface area contributed by atoms with E-state index in [9.17, 15) is 58.2 Å². The molecule has 0 aromatic heterocycles. The molecule has 2 aromatic carbocycles. The topological polar surface area (TPSA) is 420 Å². The van der Waals surface area contributed by atoms with E-state index in [4.69, 9.17) is 11.5 Å². The summed E-state index contributed by atoms with van der Waals surface area (Å²) >= 11 is 8.13. The molecule has 2 aliphatic rings. The van der Waals surface area contributed by atoms with Gasteiger partial charge in [0.05, 0.1) is 5.92 Å². The summed E-state index contributed by atoms with van der Waals surface area (Å²) < 4.78 is 0. The second kappa shape index (κ2) is 40.8. The van der Waals surface area contributed by atoms with Gasteiger partial charge in [0.15, 0.2) is 0 Å². The van der Waals surface area contributed by atoms with Crippen molar-refractivity contribution in [1.82, 2.24) is 69.1 Å². The van der Waals surface area contributed by atoms with Gasteiger partial charge in [-0.2, -0.15) is 25.3 Å². The molecule has 0 radical (unpaired) electrons. The van der Waals surface area contributed by atoms with Crippen LogP contribution in [0.4, 0.5) is 0 Å². The lowest BCUT2D eigenvalue weighted by Crippen LogP contribution is -2.73. The average molecular weight is 1270 g/mol. The van der Waals surface area contributed by atoms with Gasteiger partial charge in [-0.15, -0.1) is 0 Å². The summed E-state index contributed by atoms with van der Waals surface area (Å²) in [5, 5.41) is 60.8. The van der Waals surface area contributed by atoms with Crippen molar-refractivity contribution in [3.63, 3.8) is 0 Å². The molecule has 2 bridgehead atoms. The molecular weight excluding hydrogens is 1170 g/mol. The van der Waals surface area contributed by atoms with Crippen LogP contribution in [0, 0.1) is 5.92 Å². The SMILES string of the molecule is NC(=O)[C@H](CS)CC(=O)CCCCCNC(=O)[C@H](Cc1ccc(O)cc1)NC(=O)CCCC(=O)N[C@]12CNCCNC[C@](NC(=O)CCCC(=O)N[C@@H](Cc3ccc(O)cc3)C(=O)NCCCCCC(=O)N[C@@H](CS)C(N)=O)(CNCCNC1)NCCN2. The normalized spacial score (nSPS) is 18.7. The molecule has 2 aliphatic heterocycles. The van der Waals surface area contributed by atoms with Gasteiger partial charge in [-0.3, -0.25) is 58.6 Å². The van der Waals surface area contributed by atoms with Gasteiger partial charge in [-0.05, 0) is 73.9 Å². The maximum absolute atomic E-state index is 13.8.